The third-order valence-corrected chi connectivity index (χ3v) is 6.83. The lowest BCUT2D eigenvalue weighted by Gasteiger charge is -2.31. The van der Waals surface area contributed by atoms with Gasteiger partial charge in [0.25, 0.3) is 0 Å². The molecular weight excluding hydrogens is 370 g/mol. The van der Waals surface area contributed by atoms with E-state index in [9.17, 15) is 10.1 Å². The molecule has 1 aromatic heterocycles. The Labute approximate surface area is 169 Å². The van der Waals surface area contributed by atoms with Gasteiger partial charge in [-0.25, -0.2) is 0 Å². The molecule has 4 rings (SSSR count). The molecule has 0 saturated carbocycles. The van der Waals surface area contributed by atoms with Crippen LogP contribution < -0.4 is 15.0 Å². The third-order valence-electron chi connectivity index (χ3n) is 5.62. The van der Waals surface area contributed by atoms with Gasteiger partial charge in [0, 0.05) is 17.1 Å². The number of ether oxygens (including phenoxy) is 1. The summed E-state index contributed by atoms with van der Waals surface area (Å²) in [5, 5.41) is 13.4. The topological polar surface area (TPSA) is 65.4 Å². The summed E-state index contributed by atoms with van der Waals surface area (Å²) in [7, 11) is 1.67. The zero-order chi connectivity index (χ0) is 19.5. The second-order valence-electron chi connectivity index (χ2n) is 7.45. The number of methoxy groups -OCH3 is 1. The van der Waals surface area contributed by atoms with E-state index in [1.165, 1.54) is 23.3 Å². The van der Waals surface area contributed by atoms with Gasteiger partial charge in [-0.05, 0) is 67.9 Å². The molecule has 0 spiro atoms. The molecule has 5 nitrogen and oxygen atoms in total. The Hall–Kier alpha value is -2.52. The highest BCUT2D eigenvalue weighted by molar-refractivity contribution is 7.16. The standard InChI is InChI=1S/C22H25N3O2S/c1-27-16-9-10-19-15(12-16)6-5-11-25(19)14-21(26)24-22-18(13-23)17-7-3-2-4-8-20(17)28-22/h9-10,12H,2-8,11,14H2,1H3,(H,24,26). The first-order chi connectivity index (χ1) is 13.7. The minimum absolute atomic E-state index is 0.0587. The van der Waals surface area contributed by atoms with Gasteiger partial charge in [-0.15, -0.1) is 11.3 Å². The lowest BCUT2D eigenvalue weighted by atomic mass is 10.0. The maximum atomic E-state index is 12.8. The number of nitriles is 1. The molecule has 0 radical (unpaired) electrons. The molecule has 0 bridgehead atoms. The molecule has 2 aliphatic rings. The lowest BCUT2D eigenvalue weighted by Crippen LogP contribution is -2.36. The highest BCUT2D eigenvalue weighted by atomic mass is 32.1. The van der Waals surface area contributed by atoms with E-state index < -0.39 is 0 Å². The molecule has 0 saturated heterocycles. The average Bonchev–Trinajstić information content (AvgIpc) is 2.86. The van der Waals surface area contributed by atoms with Gasteiger partial charge in [0.15, 0.2) is 0 Å². The Kier molecular flexibility index (Phi) is 5.54. The number of hydrogen-bond donors (Lipinski definition) is 1. The Morgan fingerprint density at radius 1 is 1.25 bits per heavy atom. The molecule has 2 heterocycles. The third kappa shape index (κ3) is 3.72. The van der Waals surface area contributed by atoms with Gasteiger partial charge in [-0.2, -0.15) is 5.26 Å². The van der Waals surface area contributed by atoms with Crippen molar-refractivity contribution in [2.45, 2.75) is 44.9 Å². The van der Waals surface area contributed by atoms with E-state index in [4.69, 9.17) is 4.74 Å². The molecule has 6 heteroatoms. The van der Waals surface area contributed by atoms with Gasteiger partial charge in [0.1, 0.15) is 16.8 Å². The Morgan fingerprint density at radius 2 is 2.11 bits per heavy atom. The molecule has 0 unspecified atom stereocenters. The molecule has 28 heavy (non-hydrogen) atoms. The summed E-state index contributed by atoms with van der Waals surface area (Å²) in [5.74, 6) is 0.792. The van der Waals surface area contributed by atoms with Crippen molar-refractivity contribution in [3.05, 3.63) is 39.8 Å². The van der Waals surface area contributed by atoms with Crippen LogP contribution in [0.3, 0.4) is 0 Å². The van der Waals surface area contributed by atoms with E-state index in [0.717, 1.165) is 60.7 Å². The van der Waals surface area contributed by atoms with Crippen LogP contribution in [-0.2, 0) is 24.1 Å². The van der Waals surface area contributed by atoms with E-state index in [0.29, 0.717) is 12.1 Å². The SMILES string of the molecule is COc1ccc2c(c1)CCCN2CC(=O)Nc1sc2c(c1C#N)CCCCC2. The van der Waals surface area contributed by atoms with Crippen LogP contribution >= 0.6 is 11.3 Å². The molecule has 1 N–H and O–H groups in total. The van der Waals surface area contributed by atoms with Crippen LogP contribution in [0.25, 0.3) is 0 Å². The predicted molar refractivity (Wildman–Crippen MR) is 112 cm³/mol. The maximum absolute atomic E-state index is 12.8. The second kappa shape index (κ2) is 8.24. The summed E-state index contributed by atoms with van der Waals surface area (Å²) in [4.78, 5) is 16.2. The molecule has 0 atom stereocenters. The van der Waals surface area contributed by atoms with Crippen molar-refractivity contribution in [1.82, 2.24) is 0 Å². The maximum Gasteiger partial charge on any atom is 0.244 e. The minimum atomic E-state index is -0.0587. The van der Waals surface area contributed by atoms with Gasteiger partial charge in [0.2, 0.25) is 5.91 Å². The number of carbonyl (C=O) groups is 1. The van der Waals surface area contributed by atoms with Gasteiger partial charge >= 0.3 is 0 Å². The first-order valence-corrected chi connectivity index (χ1v) is 10.8. The number of nitrogens with one attached hydrogen (secondary N) is 1. The van der Waals surface area contributed by atoms with Crippen LogP contribution in [0.15, 0.2) is 18.2 Å². The number of amides is 1. The molecule has 146 valence electrons. The van der Waals surface area contributed by atoms with Crippen molar-refractivity contribution in [3.8, 4) is 11.8 Å². The molecule has 1 amide bonds. The number of carbonyl (C=O) groups excluding carboxylic acids is 1. The quantitative estimate of drug-likeness (QED) is 0.785. The van der Waals surface area contributed by atoms with Gasteiger partial charge < -0.3 is 15.0 Å². The fourth-order valence-electron chi connectivity index (χ4n) is 4.23. The van der Waals surface area contributed by atoms with Gasteiger partial charge in [-0.1, -0.05) is 6.42 Å². The van der Waals surface area contributed by atoms with E-state index >= 15 is 0 Å². The fraction of sp³-hybridized carbons (Fsp3) is 0.455. The first kappa shape index (κ1) is 18.8. The van der Waals surface area contributed by atoms with E-state index in [1.807, 2.05) is 12.1 Å². The molecule has 0 fully saturated rings. The van der Waals surface area contributed by atoms with Crippen LogP contribution in [0.1, 0.15) is 47.3 Å². The Balaban J connectivity index is 1.50. The van der Waals surface area contributed by atoms with Crippen LogP contribution in [0, 0.1) is 11.3 Å². The Morgan fingerprint density at radius 3 is 2.93 bits per heavy atom. The summed E-state index contributed by atoms with van der Waals surface area (Å²) in [6.45, 7) is 1.16. The summed E-state index contributed by atoms with van der Waals surface area (Å²) < 4.78 is 5.32. The summed E-state index contributed by atoms with van der Waals surface area (Å²) in [6.07, 6.45) is 7.50. The highest BCUT2D eigenvalue weighted by Crippen LogP contribution is 2.37. The molecule has 2 aromatic rings. The van der Waals surface area contributed by atoms with Crippen LogP contribution in [0.4, 0.5) is 10.7 Å². The summed E-state index contributed by atoms with van der Waals surface area (Å²) in [6, 6.07) is 8.38. The number of anilines is 2. The molecular formula is C22H25N3O2S. The number of hydrogen-bond acceptors (Lipinski definition) is 5. The smallest absolute Gasteiger partial charge is 0.244 e. The predicted octanol–water partition coefficient (Wildman–Crippen LogP) is 4.29. The van der Waals surface area contributed by atoms with Crippen LogP contribution in [-0.4, -0.2) is 26.1 Å². The molecule has 1 aliphatic heterocycles. The van der Waals surface area contributed by atoms with Crippen molar-refractivity contribution < 1.29 is 9.53 Å². The number of rotatable bonds is 4. The van der Waals surface area contributed by atoms with Crippen molar-refractivity contribution in [1.29, 1.82) is 5.26 Å². The highest BCUT2D eigenvalue weighted by Gasteiger charge is 2.23. The van der Waals surface area contributed by atoms with E-state index in [1.54, 1.807) is 18.4 Å². The zero-order valence-corrected chi connectivity index (χ0v) is 17.0. The zero-order valence-electron chi connectivity index (χ0n) is 16.2. The average molecular weight is 396 g/mol. The summed E-state index contributed by atoms with van der Waals surface area (Å²) in [5.41, 5.74) is 4.17. The van der Waals surface area contributed by atoms with Crippen molar-refractivity contribution in [3.63, 3.8) is 0 Å². The first-order valence-electron chi connectivity index (χ1n) is 9.96. The number of aryl methyl sites for hydroxylation is 2. The number of benzene rings is 1. The monoisotopic (exact) mass is 395 g/mol. The molecule has 1 aliphatic carbocycles. The van der Waals surface area contributed by atoms with Crippen molar-refractivity contribution in [2.24, 2.45) is 0 Å². The van der Waals surface area contributed by atoms with Crippen LogP contribution in [0.2, 0.25) is 0 Å². The second-order valence-corrected chi connectivity index (χ2v) is 8.55. The Bertz CT molecular complexity index is 929. The van der Waals surface area contributed by atoms with Gasteiger partial charge in [-0.3, -0.25) is 4.79 Å². The normalized spacial score (nSPS) is 15.8. The van der Waals surface area contributed by atoms with Crippen LogP contribution in [0.5, 0.6) is 5.75 Å². The van der Waals surface area contributed by atoms with E-state index in [2.05, 4.69) is 22.4 Å². The molecule has 1 aromatic carbocycles. The van der Waals surface area contributed by atoms with Gasteiger partial charge in [0.05, 0.1) is 19.2 Å². The lowest BCUT2D eigenvalue weighted by molar-refractivity contribution is -0.115. The largest absolute Gasteiger partial charge is 0.497 e. The number of nitrogens with zero attached hydrogens (tertiary/aromatic N) is 2. The number of thiophene rings is 1. The van der Waals surface area contributed by atoms with Crippen molar-refractivity contribution >= 4 is 27.9 Å². The fourth-order valence-corrected chi connectivity index (χ4v) is 5.49. The summed E-state index contributed by atoms with van der Waals surface area (Å²) >= 11 is 1.59. The number of fused-ring (bicyclic) bond motifs is 2. The minimum Gasteiger partial charge on any atom is -0.497 e. The van der Waals surface area contributed by atoms with Crippen molar-refractivity contribution in [2.75, 3.05) is 30.4 Å². The van der Waals surface area contributed by atoms with E-state index in [-0.39, 0.29) is 5.91 Å².